The van der Waals surface area contributed by atoms with E-state index in [4.69, 9.17) is 29.0 Å². The van der Waals surface area contributed by atoms with Gasteiger partial charge >= 0.3 is 0 Å². The molecule has 0 aliphatic rings. The highest BCUT2D eigenvalue weighted by Gasteiger charge is 2.15. The SMILES string of the molecule is NNC(c1ccc(Br)c(Cl)c1)c1ccccc1Cl. The Morgan fingerprint density at radius 2 is 1.78 bits per heavy atom. The van der Waals surface area contributed by atoms with Crippen molar-refractivity contribution in [3.8, 4) is 0 Å². The minimum Gasteiger partial charge on any atom is -0.271 e. The first-order valence-corrected chi connectivity index (χ1v) is 6.84. The summed E-state index contributed by atoms with van der Waals surface area (Å²) in [6.45, 7) is 0. The Balaban J connectivity index is 2.45. The Morgan fingerprint density at radius 1 is 1.06 bits per heavy atom. The Kier molecular flexibility index (Phi) is 4.65. The lowest BCUT2D eigenvalue weighted by Gasteiger charge is -2.18. The van der Waals surface area contributed by atoms with Crippen LogP contribution in [0.15, 0.2) is 46.9 Å². The minimum atomic E-state index is -0.190. The first-order chi connectivity index (χ1) is 8.63. The van der Waals surface area contributed by atoms with E-state index < -0.39 is 0 Å². The molecule has 0 spiro atoms. The van der Waals surface area contributed by atoms with Crippen molar-refractivity contribution in [1.29, 1.82) is 0 Å². The monoisotopic (exact) mass is 344 g/mol. The lowest BCUT2D eigenvalue weighted by atomic mass is 9.99. The Labute approximate surface area is 124 Å². The molecule has 2 nitrogen and oxygen atoms in total. The highest BCUT2D eigenvalue weighted by molar-refractivity contribution is 9.10. The van der Waals surface area contributed by atoms with Gasteiger partial charge in [0.1, 0.15) is 0 Å². The summed E-state index contributed by atoms with van der Waals surface area (Å²) in [6.07, 6.45) is 0. The third-order valence-corrected chi connectivity index (χ3v) is 4.24. The maximum Gasteiger partial charge on any atom is 0.0725 e. The molecule has 94 valence electrons. The van der Waals surface area contributed by atoms with E-state index in [1.807, 2.05) is 42.5 Å². The molecule has 18 heavy (non-hydrogen) atoms. The van der Waals surface area contributed by atoms with Crippen LogP contribution in [0.2, 0.25) is 10.0 Å². The minimum absolute atomic E-state index is 0.190. The van der Waals surface area contributed by atoms with Gasteiger partial charge in [0.25, 0.3) is 0 Å². The van der Waals surface area contributed by atoms with Gasteiger partial charge in [-0.25, -0.2) is 5.43 Å². The van der Waals surface area contributed by atoms with Crippen molar-refractivity contribution in [3.63, 3.8) is 0 Å². The van der Waals surface area contributed by atoms with Gasteiger partial charge in [0.15, 0.2) is 0 Å². The predicted octanol–water partition coefficient (Wildman–Crippen LogP) is 4.31. The van der Waals surface area contributed by atoms with E-state index in [9.17, 15) is 0 Å². The molecular formula is C13H11BrCl2N2. The molecule has 0 fully saturated rings. The van der Waals surface area contributed by atoms with Crippen molar-refractivity contribution in [3.05, 3.63) is 68.1 Å². The van der Waals surface area contributed by atoms with Crippen molar-refractivity contribution >= 4 is 39.1 Å². The van der Waals surface area contributed by atoms with Gasteiger partial charge in [-0.05, 0) is 45.3 Å². The topological polar surface area (TPSA) is 38.0 Å². The largest absolute Gasteiger partial charge is 0.271 e. The number of hydrogen-bond acceptors (Lipinski definition) is 2. The summed E-state index contributed by atoms with van der Waals surface area (Å²) in [6, 6.07) is 13.1. The predicted molar refractivity (Wildman–Crippen MR) is 79.8 cm³/mol. The van der Waals surface area contributed by atoms with E-state index >= 15 is 0 Å². The van der Waals surface area contributed by atoms with Crippen molar-refractivity contribution in [2.45, 2.75) is 6.04 Å². The van der Waals surface area contributed by atoms with Gasteiger partial charge in [-0.1, -0.05) is 47.5 Å². The van der Waals surface area contributed by atoms with Crippen LogP contribution in [-0.2, 0) is 0 Å². The standard InChI is InChI=1S/C13H11BrCl2N2/c14-10-6-5-8(7-12(10)16)13(18-17)9-3-1-2-4-11(9)15/h1-7,13,18H,17H2. The number of nitrogens with one attached hydrogen (secondary N) is 1. The highest BCUT2D eigenvalue weighted by atomic mass is 79.9. The van der Waals surface area contributed by atoms with Gasteiger partial charge in [-0.3, -0.25) is 5.84 Å². The molecule has 0 amide bonds. The molecule has 0 radical (unpaired) electrons. The number of hydrogen-bond donors (Lipinski definition) is 2. The summed E-state index contributed by atoms with van der Waals surface area (Å²) in [5, 5.41) is 1.30. The third-order valence-electron chi connectivity index (χ3n) is 2.66. The fourth-order valence-corrected chi connectivity index (χ4v) is 2.45. The van der Waals surface area contributed by atoms with Gasteiger partial charge < -0.3 is 0 Å². The maximum atomic E-state index is 6.18. The molecule has 0 saturated carbocycles. The van der Waals surface area contributed by atoms with Crippen LogP contribution in [0.25, 0.3) is 0 Å². The van der Waals surface area contributed by atoms with E-state index in [1.54, 1.807) is 0 Å². The van der Waals surface area contributed by atoms with Gasteiger partial charge in [0, 0.05) is 9.50 Å². The molecule has 0 aliphatic heterocycles. The number of rotatable bonds is 3. The van der Waals surface area contributed by atoms with Crippen LogP contribution in [-0.4, -0.2) is 0 Å². The zero-order valence-electron chi connectivity index (χ0n) is 9.33. The Bertz CT molecular complexity index is 560. The molecule has 0 heterocycles. The zero-order valence-corrected chi connectivity index (χ0v) is 12.4. The molecule has 1 atom stereocenters. The average Bonchev–Trinajstić information content (AvgIpc) is 2.37. The lowest BCUT2D eigenvalue weighted by molar-refractivity contribution is 0.637. The van der Waals surface area contributed by atoms with Crippen LogP contribution in [0, 0.1) is 0 Å². The number of hydrazine groups is 1. The molecular weight excluding hydrogens is 335 g/mol. The molecule has 0 saturated heterocycles. The summed E-state index contributed by atoms with van der Waals surface area (Å²) < 4.78 is 0.850. The summed E-state index contributed by atoms with van der Waals surface area (Å²) in [4.78, 5) is 0. The lowest BCUT2D eigenvalue weighted by Crippen LogP contribution is -2.29. The molecule has 0 bridgehead atoms. The van der Waals surface area contributed by atoms with E-state index in [-0.39, 0.29) is 6.04 Å². The fraction of sp³-hybridized carbons (Fsp3) is 0.0769. The zero-order chi connectivity index (χ0) is 13.1. The molecule has 0 aromatic heterocycles. The number of benzene rings is 2. The average molecular weight is 346 g/mol. The Hall–Kier alpha value is -0.580. The second-order valence-corrected chi connectivity index (χ2v) is 5.46. The summed E-state index contributed by atoms with van der Waals surface area (Å²) in [7, 11) is 0. The van der Waals surface area contributed by atoms with Crippen LogP contribution in [0.1, 0.15) is 17.2 Å². The molecule has 2 aromatic carbocycles. The summed E-state index contributed by atoms with van der Waals surface area (Å²) >= 11 is 15.6. The van der Waals surface area contributed by atoms with E-state index in [1.165, 1.54) is 0 Å². The molecule has 2 aromatic rings. The van der Waals surface area contributed by atoms with E-state index in [0.29, 0.717) is 10.0 Å². The van der Waals surface area contributed by atoms with Gasteiger partial charge in [0.2, 0.25) is 0 Å². The van der Waals surface area contributed by atoms with E-state index in [2.05, 4.69) is 21.4 Å². The number of nitrogens with two attached hydrogens (primary N) is 1. The van der Waals surface area contributed by atoms with Crippen molar-refractivity contribution in [2.24, 2.45) is 5.84 Å². The molecule has 3 N–H and O–H groups in total. The summed E-state index contributed by atoms with van der Waals surface area (Å²) in [5.41, 5.74) is 4.64. The van der Waals surface area contributed by atoms with Crippen LogP contribution in [0.3, 0.4) is 0 Å². The first kappa shape index (κ1) is 13.8. The molecule has 2 rings (SSSR count). The fourth-order valence-electron chi connectivity index (χ4n) is 1.77. The number of halogens is 3. The van der Waals surface area contributed by atoms with Crippen molar-refractivity contribution in [2.75, 3.05) is 0 Å². The molecule has 5 heteroatoms. The van der Waals surface area contributed by atoms with Crippen molar-refractivity contribution < 1.29 is 0 Å². The second kappa shape index (κ2) is 6.04. The first-order valence-electron chi connectivity index (χ1n) is 5.29. The smallest absolute Gasteiger partial charge is 0.0725 e. The van der Waals surface area contributed by atoms with Crippen LogP contribution < -0.4 is 11.3 Å². The quantitative estimate of drug-likeness (QED) is 0.642. The second-order valence-electron chi connectivity index (χ2n) is 3.79. The molecule has 0 aliphatic carbocycles. The van der Waals surface area contributed by atoms with Gasteiger partial charge in [-0.15, -0.1) is 0 Å². The van der Waals surface area contributed by atoms with Crippen LogP contribution >= 0.6 is 39.1 Å². The van der Waals surface area contributed by atoms with Gasteiger partial charge in [-0.2, -0.15) is 0 Å². The normalized spacial score (nSPS) is 12.4. The van der Waals surface area contributed by atoms with Crippen LogP contribution in [0.5, 0.6) is 0 Å². The van der Waals surface area contributed by atoms with Crippen molar-refractivity contribution in [1.82, 2.24) is 5.43 Å². The third kappa shape index (κ3) is 2.87. The summed E-state index contributed by atoms with van der Waals surface area (Å²) in [5.74, 6) is 5.63. The highest BCUT2D eigenvalue weighted by Crippen LogP contribution is 2.31. The van der Waals surface area contributed by atoms with Gasteiger partial charge in [0.05, 0.1) is 11.1 Å². The molecule has 1 unspecified atom stereocenters. The Morgan fingerprint density at radius 3 is 2.39 bits per heavy atom. The van der Waals surface area contributed by atoms with E-state index in [0.717, 1.165) is 15.6 Å². The maximum absolute atomic E-state index is 6.18. The van der Waals surface area contributed by atoms with Crippen LogP contribution in [0.4, 0.5) is 0 Å².